The van der Waals surface area contributed by atoms with Gasteiger partial charge in [0.2, 0.25) is 5.43 Å². The molecular formula is C26H24O6. The normalized spacial score (nSPS) is 17.5. The van der Waals surface area contributed by atoms with E-state index in [1.54, 1.807) is 19.2 Å². The zero-order valence-corrected chi connectivity index (χ0v) is 18.6. The molecule has 0 bridgehead atoms. The lowest BCUT2D eigenvalue weighted by Crippen LogP contribution is -2.28. The first-order valence-corrected chi connectivity index (χ1v) is 10.4. The Morgan fingerprint density at radius 2 is 1.97 bits per heavy atom. The SMILES string of the molecule is COc1ccc2c(c1)O[C@H](C=C(C)C)c1c-2oc2c3c(cc(O)c2c1=O)OC(C)(C)C=C3. The molecule has 0 radical (unpaired) electrons. The zero-order chi connectivity index (χ0) is 22.8. The third-order valence-corrected chi connectivity index (χ3v) is 5.66. The fraction of sp³-hybridized carbons (Fsp3) is 0.269. The highest BCUT2D eigenvalue weighted by molar-refractivity contribution is 5.95. The Kier molecular flexibility index (Phi) is 4.38. The molecule has 2 aromatic carbocycles. The summed E-state index contributed by atoms with van der Waals surface area (Å²) in [7, 11) is 1.59. The monoisotopic (exact) mass is 432 g/mol. The number of hydrogen-bond acceptors (Lipinski definition) is 6. The zero-order valence-electron chi connectivity index (χ0n) is 18.6. The minimum Gasteiger partial charge on any atom is -0.507 e. The van der Waals surface area contributed by atoms with E-state index in [0.717, 1.165) is 5.57 Å². The molecule has 3 aromatic rings. The number of fused-ring (bicyclic) bond motifs is 6. The van der Waals surface area contributed by atoms with E-state index in [1.807, 2.05) is 52.0 Å². The quantitative estimate of drug-likeness (QED) is 0.519. The van der Waals surface area contributed by atoms with Crippen molar-refractivity contribution in [3.8, 4) is 34.3 Å². The average molecular weight is 432 g/mol. The van der Waals surface area contributed by atoms with Crippen molar-refractivity contribution < 1.29 is 23.7 Å². The molecule has 6 nitrogen and oxygen atoms in total. The molecule has 3 heterocycles. The van der Waals surface area contributed by atoms with Gasteiger partial charge in [-0.15, -0.1) is 0 Å². The van der Waals surface area contributed by atoms with Crippen LogP contribution >= 0.6 is 0 Å². The Morgan fingerprint density at radius 3 is 2.69 bits per heavy atom. The molecule has 1 N–H and O–H groups in total. The van der Waals surface area contributed by atoms with Gasteiger partial charge in [-0.2, -0.15) is 0 Å². The number of hydrogen-bond donors (Lipinski definition) is 1. The molecule has 0 aliphatic carbocycles. The standard InChI is InChI=1S/C26H24O6/c1-13(2)10-20-22-23(28)21-17(27)12-19-16(8-9-26(3,4)32-19)24(21)31-25(22)15-7-6-14(29-5)11-18(15)30-20/h6-12,20,27H,1-5H3/t20-/m1/s1. The van der Waals surface area contributed by atoms with Crippen LogP contribution in [0.5, 0.6) is 23.0 Å². The maximum atomic E-state index is 13.7. The summed E-state index contributed by atoms with van der Waals surface area (Å²) in [4.78, 5) is 13.7. The number of benzene rings is 2. The van der Waals surface area contributed by atoms with Crippen molar-refractivity contribution in [2.45, 2.75) is 39.4 Å². The Bertz CT molecular complexity index is 1390. The second kappa shape index (κ2) is 6.92. The molecule has 0 spiro atoms. The summed E-state index contributed by atoms with van der Waals surface area (Å²) in [5.41, 5.74) is 2.04. The van der Waals surface area contributed by atoms with E-state index in [2.05, 4.69) is 0 Å². The summed E-state index contributed by atoms with van der Waals surface area (Å²) >= 11 is 0. The van der Waals surface area contributed by atoms with E-state index >= 15 is 0 Å². The Hall–Kier alpha value is -3.67. The third kappa shape index (κ3) is 3.06. The Labute approximate surface area is 185 Å². The maximum absolute atomic E-state index is 13.7. The summed E-state index contributed by atoms with van der Waals surface area (Å²) in [5.74, 6) is 1.90. The Balaban J connectivity index is 1.88. The summed E-state index contributed by atoms with van der Waals surface area (Å²) in [6, 6.07) is 6.86. The van der Waals surface area contributed by atoms with E-state index in [1.165, 1.54) is 6.07 Å². The van der Waals surface area contributed by atoms with Gasteiger partial charge in [0.25, 0.3) is 0 Å². The molecule has 5 rings (SSSR count). The van der Waals surface area contributed by atoms with Gasteiger partial charge in [-0.05, 0) is 58.1 Å². The lowest BCUT2D eigenvalue weighted by Gasteiger charge is -2.29. The first-order valence-electron chi connectivity index (χ1n) is 10.4. The topological polar surface area (TPSA) is 78.1 Å². The Morgan fingerprint density at radius 1 is 1.19 bits per heavy atom. The number of phenols is 1. The molecular weight excluding hydrogens is 408 g/mol. The number of allylic oxidation sites excluding steroid dienone is 1. The highest BCUT2D eigenvalue weighted by atomic mass is 16.5. The number of phenolic OH excluding ortho intramolecular Hbond substituents is 1. The molecule has 1 atom stereocenters. The van der Waals surface area contributed by atoms with E-state index < -0.39 is 11.7 Å². The fourth-order valence-corrected chi connectivity index (χ4v) is 4.19. The van der Waals surface area contributed by atoms with E-state index in [-0.39, 0.29) is 22.1 Å². The van der Waals surface area contributed by atoms with Crippen molar-refractivity contribution in [2.24, 2.45) is 0 Å². The van der Waals surface area contributed by atoms with Crippen LogP contribution in [0.3, 0.4) is 0 Å². The van der Waals surface area contributed by atoms with Crippen molar-refractivity contribution >= 4 is 17.0 Å². The second-order valence-electron chi connectivity index (χ2n) is 8.87. The molecule has 0 amide bonds. The van der Waals surface area contributed by atoms with E-state index in [9.17, 15) is 9.90 Å². The largest absolute Gasteiger partial charge is 0.507 e. The van der Waals surface area contributed by atoms with Gasteiger partial charge in [0, 0.05) is 12.1 Å². The third-order valence-electron chi connectivity index (χ3n) is 5.66. The molecule has 0 fully saturated rings. The minimum absolute atomic E-state index is 0.114. The van der Waals surface area contributed by atoms with Crippen molar-refractivity contribution in [3.05, 3.63) is 63.3 Å². The summed E-state index contributed by atoms with van der Waals surface area (Å²) in [5, 5.41) is 10.9. The molecule has 164 valence electrons. The van der Waals surface area contributed by atoms with Crippen LogP contribution in [-0.2, 0) is 0 Å². The predicted octanol–water partition coefficient (Wildman–Crippen LogP) is 5.76. The highest BCUT2D eigenvalue weighted by Gasteiger charge is 2.34. The van der Waals surface area contributed by atoms with Gasteiger partial charge in [-0.1, -0.05) is 5.57 Å². The number of methoxy groups -OCH3 is 1. The van der Waals surface area contributed by atoms with Crippen molar-refractivity contribution in [3.63, 3.8) is 0 Å². The van der Waals surface area contributed by atoms with E-state index in [0.29, 0.717) is 39.7 Å². The second-order valence-corrected chi connectivity index (χ2v) is 8.87. The maximum Gasteiger partial charge on any atom is 0.204 e. The summed E-state index contributed by atoms with van der Waals surface area (Å²) < 4.78 is 23.9. The van der Waals surface area contributed by atoms with Gasteiger partial charge >= 0.3 is 0 Å². The van der Waals surface area contributed by atoms with Crippen LogP contribution in [-0.4, -0.2) is 17.8 Å². The van der Waals surface area contributed by atoms with Gasteiger partial charge in [-0.3, -0.25) is 4.79 Å². The van der Waals surface area contributed by atoms with Crippen LogP contribution in [0, 0.1) is 0 Å². The molecule has 32 heavy (non-hydrogen) atoms. The minimum atomic E-state index is -0.656. The highest BCUT2D eigenvalue weighted by Crippen LogP contribution is 2.47. The van der Waals surface area contributed by atoms with Crippen LogP contribution in [0.25, 0.3) is 28.4 Å². The van der Waals surface area contributed by atoms with Gasteiger partial charge in [0.1, 0.15) is 45.8 Å². The molecule has 1 aromatic heterocycles. The summed E-state index contributed by atoms with van der Waals surface area (Å²) in [6.07, 6.45) is 4.98. The summed E-state index contributed by atoms with van der Waals surface area (Å²) in [6.45, 7) is 7.71. The first kappa shape index (κ1) is 20.2. The van der Waals surface area contributed by atoms with Crippen LogP contribution in [0.2, 0.25) is 0 Å². The van der Waals surface area contributed by atoms with Crippen molar-refractivity contribution in [1.82, 2.24) is 0 Å². The smallest absolute Gasteiger partial charge is 0.204 e. The molecule has 2 aliphatic rings. The molecule has 2 aliphatic heterocycles. The van der Waals surface area contributed by atoms with Gasteiger partial charge < -0.3 is 23.7 Å². The lowest BCUT2D eigenvalue weighted by atomic mass is 9.94. The number of ether oxygens (including phenoxy) is 3. The van der Waals surface area contributed by atoms with Crippen LogP contribution in [0.1, 0.15) is 44.9 Å². The van der Waals surface area contributed by atoms with E-state index in [4.69, 9.17) is 18.6 Å². The molecule has 0 saturated heterocycles. The molecule has 0 unspecified atom stereocenters. The van der Waals surface area contributed by atoms with Crippen LogP contribution in [0.15, 0.2) is 51.2 Å². The molecule has 0 saturated carbocycles. The fourth-order valence-electron chi connectivity index (χ4n) is 4.19. The van der Waals surface area contributed by atoms with Gasteiger partial charge in [-0.25, -0.2) is 0 Å². The number of aromatic hydroxyl groups is 1. The first-order chi connectivity index (χ1) is 15.2. The predicted molar refractivity (Wildman–Crippen MR) is 123 cm³/mol. The molecule has 6 heteroatoms. The van der Waals surface area contributed by atoms with Crippen molar-refractivity contribution in [1.29, 1.82) is 0 Å². The van der Waals surface area contributed by atoms with Crippen LogP contribution in [0.4, 0.5) is 0 Å². The van der Waals surface area contributed by atoms with Gasteiger partial charge in [0.15, 0.2) is 5.58 Å². The number of rotatable bonds is 2. The average Bonchev–Trinajstić information content (AvgIpc) is 2.71. The lowest BCUT2D eigenvalue weighted by molar-refractivity contribution is 0.158. The van der Waals surface area contributed by atoms with Gasteiger partial charge in [0.05, 0.1) is 23.8 Å². The van der Waals surface area contributed by atoms with Crippen LogP contribution < -0.4 is 19.6 Å². The van der Waals surface area contributed by atoms with Crippen molar-refractivity contribution in [2.75, 3.05) is 7.11 Å².